The first-order chi connectivity index (χ1) is 23.2. The summed E-state index contributed by atoms with van der Waals surface area (Å²) in [5.74, 6) is 2.50. The van der Waals surface area contributed by atoms with Crippen molar-refractivity contribution in [3.05, 3.63) is 132 Å². The lowest BCUT2D eigenvalue weighted by molar-refractivity contribution is 0.483. The minimum Gasteiger partial charge on any atom is -0.457 e. The molecule has 3 heterocycles. The molecule has 0 saturated heterocycles. The summed E-state index contributed by atoms with van der Waals surface area (Å²) in [5, 5.41) is 2.46. The van der Waals surface area contributed by atoms with Crippen LogP contribution in [0.1, 0.15) is 79.0 Å². The van der Waals surface area contributed by atoms with E-state index in [0.29, 0.717) is 0 Å². The van der Waals surface area contributed by atoms with E-state index in [4.69, 9.17) is 9.72 Å². The minimum atomic E-state index is -0.0234. The van der Waals surface area contributed by atoms with Crippen molar-refractivity contribution in [2.24, 2.45) is 0 Å². The van der Waals surface area contributed by atoms with Gasteiger partial charge in [0, 0.05) is 52.9 Å². The molecule has 6 aromatic rings. The van der Waals surface area contributed by atoms with Crippen LogP contribution >= 0.6 is 0 Å². The molecule has 0 saturated carbocycles. The smallest absolute Gasteiger partial charge is 0.137 e. The van der Waals surface area contributed by atoms with Gasteiger partial charge < -0.3 is 14.5 Å². The molecule has 0 amide bonds. The molecule has 4 aromatic carbocycles. The van der Waals surface area contributed by atoms with E-state index in [-0.39, 0.29) is 16.2 Å². The average molecular weight is 649 g/mol. The fraction of sp³-hybridized carbons (Fsp3) is 0.295. The van der Waals surface area contributed by atoms with E-state index in [1.54, 1.807) is 0 Å². The Bertz CT molecular complexity index is 2190. The van der Waals surface area contributed by atoms with Crippen LogP contribution in [0, 0.1) is 0 Å². The van der Waals surface area contributed by atoms with E-state index in [1.165, 1.54) is 33.2 Å². The van der Waals surface area contributed by atoms with Gasteiger partial charge >= 0.3 is 0 Å². The largest absolute Gasteiger partial charge is 0.457 e. The maximum atomic E-state index is 6.61. The number of ether oxygens (including phenoxy) is 1. The Hall–Kier alpha value is -5.03. The lowest BCUT2D eigenvalue weighted by Gasteiger charge is -2.23. The molecule has 0 spiro atoms. The highest BCUT2D eigenvalue weighted by Gasteiger charge is 2.24. The second-order valence-electron chi connectivity index (χ2n) is 16.4. The molecule has 5 nitrogen and oxygen atoms in total. The zero-order valence-electron chi connectivity index (χ0n) is 30.4. The van der Waals surface area contributed by atoms with Crippen LogP contribution in [0.2, 0.25) is 0 Å². The fourth-order valence-corrected chi connectivity index (χ4v) is 6.76. The van der Waals surface area contributed by atoms with Crippen LogP contribution in [0.4, 0.5) is 11.4 Å². The van der Waals surface area contributed by atoms with Crippen molar-refractivity contribution < 1.29 is 4.74 Å². The number of fused-ring (bicyclic) bond motifs is 3. The number of pyridine rings is 1. The van der Waals surface area contributed by atoms with E-state index >= 15 is 0 Å². The van der Waals surface area contributed by atoms with Gasteiger partial charge in [0.1, 0.15) is 17.3 Å². The fourth-order valence-electron chi connectivity index (χ4n) is 6.76. The highest BCUT2D eigenvalue weighted by Crippen LogP contribution is 2.41. The third-order valence-corrected chi connectivity index (χ3v) is 9.59. The molecule has 0 unspecified atom stereocenters. The molecule has 7 rings (SSSR count). The second-order valence-corrected chi connectivity index (χ2v) is 16.4. The summed E-state index contributed by atoms with van der Waals surface area (Å²) in [7, 11) is 0. The second kappa shape index (κ2) is 11.8. The Morgan fingerprint density at radius 3 is 1.94 bits per heavy atom. The van der Waals surface area contributed by atoms with Gasteiger partial charge in [-0.1, -0.05) is 92.6 Å². The highest BCUT2D eigenvalue weighted by atomic mass is 16.5. The third-order valence-electron chi connectivity index (χ3n) is 9.59. The van der Waals surface area contributed by atoms with Gasteiger partial charge in [0.25, 0.3) is 0 Å². The lowest BCUT2D eigenvalue weighted by Crippen LogP contribution is -2.24. The number of anilines is 2. The molecule has 0 radical (unpaired) electrons. The Morgan fingerprint density at radius 1 is 0.571 bits per heavy atom. The van der Waals surface area contributed by atoms with Crippen LogP contribution in [0.3, 0.4) is 0 Å². The van der Waals surface area contributed by atoms with Crippen LogP contribution in [-0.4, -0.2) is 16.2 Å². The Kier molecular flexibility index (Phi) is 7.85. The molecule has 0 aliphatic carbocycles. The Balaban J connectivity index is 1.23. The van der Waals surface area contributed by atoms with Crippen LogP contribution in [0.5, 0.6) is 11.5 Å². The molecule has 0 N–H and O–H groups in total. The van der Waals surface area contributed by atoms with Crippen molar-refractivity contribution in [1.29, 1.82) is 0 Å². The average Bonchev–Trinajstić information content (AvgIpc) is 3.67. The molecule has 0 atom stereocenters. The molecule has 0 fully saturated rings. The number of rotatable bonds is 5. The maximum absolute atomic E-state index is 6.61. The van der Waals surface area contributed by atoms with Crippen LogP contribution in [0.25, 0.3) is 27.6 Å². The first-order valence-corrected chi connectivity index (χ1v) is 17.3. The van der Waals surface area contributed by atoms with E-state index in [2.05, 4.69) is 180 Å². The van der Waals surface area contributed by atoms with E-state index in [0.717, 1.165) is 40.7 Å². The predicted octanol–water partition coefficient (Wildman–Crippen LogP) is 11.6. The lowest BCUT2D eigenvalue weighted by atomic mass is 9.84. The van der Waals surface area contributed by atoms with Gasteiger partial charge in [-0.3, -0.25) is 4.57 Å². The summed E-state index contributed by atoms with van der Waals surface area (Å²) in [6.45, 7) is 21.1. The SMILES string of the molecule is CC(C)(C)c1ccc(N2C=CN(c3cccc(Oc4ccc5c6c(C(C)(C)C)cccc6n(-c6cc(C(C)(C)C)ccn6)c5c4)c3)C2)cc1. The molecule has 250 valence electrons. The first-order valence-electron chi connectivity index (χ1n) is 17.3. The van der Waals surface area contributed by atoms with Crippen molar-refractivity contribution in [3.8, 4) is 17.3 Å². The molecule has 1 aliphatic heterocycles. The van der Waals surface area contributed by atoms with Gasteiger partial charge in [0.2, 0.25) is 0 Å². The summed E-state index contributed by atoms with van der Waals surface area (Å²) in [6, 6.07) is 34.7. The summed E-state index contributed by atoms with van der Waals surface area (Å²) < 4.78 is 8.91. The monoisotopic (exact) mass is 648 g/mol. The van der Waals surface area contributed by atoms with Gasteiger partial charge in [-0.25, -0.2) is 4.98 Å². The minimum absolute atomic E-state index is 0.00471. The summed E-state index contributed by atoms with van der Waals surface area (Å²) in [6.07, 6.45) is 6.20. The standard InChI is InChI=1S/C44H48N4O/c1-42(2,3)30-16-18-32(19-17-30)46-24-25-47(29-46)33-12-10-13-34(27-33)49-35-20-21-36-39(28-35)48(40-26-31(22-23-45-40)43(4,5)6)38-15-11-14-37(41(36)38)44(7,8)9/h10-28H,29H2,1-9H3. The van der Waals surface area contributed by atoms with Gasteiger partial charge in [-0.15, -0.1) is 0 Å². The van der Waals surface area contributed by atoms with Crippen molar-refractivity contribution >= 4 is 33.2 Å². The van der Waals surface area contributed by atoms with E-state index < -0.39 is 0 Å². The quantitative estimate of drug-likeness (QED) is 0.186. The summed E-state index contributed by atoms with van der Waals surface area (Å²) in [5.41, 5.74) is 8.51. The molecule has 2 aromatic heterocycles. The number of hydrogen-bond acceptors (Lipinski definition) is 4. The van der Waals surface area contributed by atoms with Gasteiger partial charge in [0.15, 0.2) is 0 Å². The molecular weight excluding hydrogens is 601 g/mol. The normalized spacial score (nSPS) is 14.0. The summed E-state index contributed by atoms with van der Waals surface area (Å²) >= 11 is 0. The van der Waals surface area contributed by atoms with Crippen molar-refractivity contribution in [3.63, 3.8) is 0 Å². The molecule has 0 bridgehead atoms. The third kappa shape index (κ3) is 6.30. The van der Waals surface area contributed by atoms with Crippen LogP contribution in [0.15, 0.2) is 116 Å². The number of hydrogen-bond donors (Lipinski definition) is 0. The Labute approximate surface area is 291 Å². The molecule has 1 aliphatic rings. The van der Waals surface area contributed by atoms with Crippen LogP contribution in [-0.2, 0) is 16.2 Å². The highest BCUT2D eigenvalue weighted by molar-refractivity contribution is 6.11. The molecular formula is C44H48N4O. The van der Waals surface area contributed by atoms with Gasteiger partial charge in [-0.2, -0.15) is 0 Å². The number of benzene rings is 4. The zero-order valence-corrected chi connectivity index (χ0v) is 30.4. The van der Waals surface area contributed by atoms with E-state index in [1.807, 2.05) is 12.3 Å². The van der Waals surface area contributed by atoms with Gasteiger partial charge in [-0.05, 0) is 87.5 Å². The van der Waals surface area contributed by atoms with Crippen molar-refractivity contribution in [2.45, 2.75) is 78.6 Å². The van der Waals surface area contributed by atoms with Crippen molar-refractivity contribution in [1.82, 2.24) is 9.55 Å². The predicted molar refractivity (Wildman–Crippen MR) is 207 cm³/mol. The molecule has 49 heavy (non-hydrogen) atoms. The zero-order chi connectivity index (χ0) is 34.7. The Morgan fingerprint density at radius 2 is 1.24 bits per heavy atom. The van der Waals surface area contributed by atoms with Gasteiger partial charge in [0.05, 0.1) is 17.7 Å². The number of aromatic nitrogens is 2. The van der Waals surface area contributed by atoms with E-state index in [9.17, 15) is 0 Å². The molecule has 5 heteroatoms. The number of nitrogens with zero attached hydrogens (tertiary/aromatic N) is 4. The first kappa shape index (κ1) is 32.5. The maximum Gasteiger partial charge on any atom is 0.137 e. The topological polar surface area (TPSA) is 33.5 Å². The summed E-state index contributed by atoms with van der Waals surface area (Å²) in [4.78, 5) is 9.41. The van der Waals surface area contributed by atoms with Crippen molar-refractivity contribution in [2.75, 3.05) is 16.5 Å². The van der Waals surface area contributed by atoms with Crippen LogP contribution < -0.4 is 14.5 Å².